The molecule has 150 valence electrons. The SMILES string of the molecule is Cc1nc(Nc2cc(C3CC3)[nH]n2)nc(N2CCCC2c2cc(F)ccc2F)n1. The van der Waals surface area contributed by atoms with E-state index >= 15 is 0 Å². The van der Waals surface area contributed by atoms with Gasteiger partial charge >= 0.3 is 0 Å². The Morgan fingerprint density at radius 1 is 1.10 bits per heavy atom. The molecular weight excluding hydrogens is 376 g/mol. The molecular formula is C20H21F2N7. The molecule has 1 saturated heterocycles. The molecule has 3 heterocycles. The summed E-state index contributed by atoms with van der Waals surface area (Å²) < 4.78 is 28.1. The Labute approximate surface area is 166 Å². The van der Waals surface area contributed by atoms with Crippen molar-refractivity contribution in [3.05, 3.63) is 53.0 Å². The number of aromatic amines is 1. The van der Waals surface area contributed by atoms with Gasteiger partial charge in [0, 0.05) is 29.8 Å². The molecule has 0 amide bonds. The van der Waals surface area contributed by atoms with Gasteiger partial charge in [0.05, 0.1) is 6.04 Å². The van der Waals surface area contributed by atoms with Gasteiger partial charge in [0.15, 0.2) is 5.82 Å². The van der Waals surface area contributed by atoms with Gasteiger partial charge in [-0.2, -0.15) is 20.1 Å². The molecule has 2 N–H and O–H groups in total. The number of hydrogen-bond acceptors (Lipinski definition) is 6. The minimum Gasteiger partial charge on any atom is -0.334 e. The summed E-state index contributed by atoms with van der Waals surface area (Å²) in [5, 5.41) is 10.4. The zero-order chi connectivity index (χ0) is 20.0. The maximum atomic E-state index is 14.4. The molecule has 0 spiro atoms. The first kappa shape index (κ1) is 18.0. The van der Waals surface area contributed by atoms with E-state index in [2.05, 4.69) is 30.5 Å². The van der Waals surface area contributed by atoms with Crippen LogP contribution in [0.2, 0.25) is 0 Å². The number of H-pyrrole nitrogens is 1. The molecule has 7 nitrogen and oxygen atoms in total. The highest BCUT2D eigenvalue weighted by Gasteiger charge is 2.31. The lowest BCUT2D eigenvalue weighted by Crippen LogP contribution is -2.26. The summed E-state index contributed by atoms with van der Waals surface area (Å²) in [6.07, 6.45) is 3.92. The number of benzene rings is 1. The van der Waals surface area contributed by atoms with Gasteiger partial charge in [-0.25, -0.2) is 8.78 Å². The highest BCUT2D eigenvalue weighted by Crippen LogP contribution is 2.40. The van der Waals surface area contributed by atoms with Crippen molar-refractivity contribution in [3.8, 4) is 0 Å². The summed E-state index contributed by atoms with van der Waals surface area (Å²) >= 11 is 0. The largest absolute Gasteiger partial charge is 0.334 e. The summed E-state index contributed by atoms with van der Waals surface area (Å²) in [4.78, 5) is 15.2. The Morgan fingerprint density at radius 3 is 2.79 bits per heavy atom. The predicted octanol–water partition coefficient (Wildman–Crippen LogP) is 4.14. The van der Waals surface area contributed by atoms with E-state index in [0.717, 1.165) is 18.2 Å². The molecule has 2 fully saturated rings. The van der Waals surface area contributed by atoms with Crippen LogP contribution in [0, 0.1) is 18.6 Å². The maximum absolute atomic E-state index is 14.4. The van der Waals surface area contributed by atoms with Crippen LogP contribution >= 0.6 is 0 Å². The van der Waals surface area contributed by atoms with Crippen molar-refractivity contribution in [2.45, 2.75) is 44.6 Å². The monoisotopic (exact) mass is 397 g/mol. The lowest BCUT2D eigenvalue weighted by Gasteiger charge is -2.25. The zero-order valence-electron chi connectivity index (χ0n) is 16.0. The van der Waals surface area contributed by atoms with E-state index in [1.54, 1.807) is 6.92 Å². The second kappa shape index (κ2) is 7.06. The summed E-state index contributed by atoms with van der Waals surface area (Å²) in [7, 11) is 0. The minimum absolute atomic E-state index is 0.313. The van der Waals surface area contributed by atoms with Crippen LogP contribution in [0.4, 0.5) is 26.5 Å². The number of anilines is 3. The van der Waals surface area contributed by atoms with Crippen molar-refractivity contribution >= 4 is 17.7 Å². The van der Waals surface area contributed by atoms with E-state index in [0.29, 0.717) is 48.0 Å². The normalized spacial score (nSPS) is 19.0. The lowest BCUT2D eigenvalue weighted by atomic mass is 10.0. The molecule has 1 unspecified atom stereocenters. The Kier molecular flexibility index (Phi) is 4.37. The van der Waals surface area contributed by atoms with Crippen molar-refractivity contribution in [1.29, 1.82) is 0 Å². The van der Waals surface area contributed by atoms with Crippen LogP contribution in [0.5, 0.6) is 0 Å². The molecule has 29 heavy (non-hydrogen) atoms. The smallest absolute Gasteiger partial charge is 0.233 e. The van der Waals surface area contributed by atoms with Gasteiger partial charge in [-0.3, -0.25) is 5.10 Å². The molecule has 1 aliphatic carbocycles. The third kappa shape index (κ3) is 3.64. The molecule has 1 saturated carbocycles. The fourth-order valence-corrected chi connectivity index (χ4v) is 3.87. The molecule has 3 aromatic rings. The molecule has 0 bridgehead atoms. The maximum Gasteiger partial charge on any atom is 0.233 e. The molecule has 1 aliphatic heterocycles. The van der Waals surface area contributed by atoms with Crippen molar-refractivity contribution in [2.75, 3.05) is 16.8 Å². The quantitative estimate of drug-likeness (QED) is 0.673. The lowest BCUT2D eigenvalue weighted by molar-refractivity contribution is 0.558. The first-order chi connectivity index (χ1) is 14.1. The first-order valence-electron chi connectivity index (χ1n) is 9.83. The van der Waals surface area contributed by atoms with Crippen LogP contribution in [-0.2, 0) is 0 Å². The number of aromatic nitrogens is 5. The van der Waals surface area contributed by atoms with Gasteiger partial charge in [-0.05, 0) is 50.8 Å². The zero-order valence-corrected chi connectivity index (χ0v) is 16.0. The van der Waals surface area contributed by atoms with Crippen LogP contribution in [0.1, 0.15) is 54.7 Å². The third-order valence-electron chi connectivity index (χ3n) is 5.42. The number of rotatable bonds is 5. The van der Waals surface area contributed by atoms with Crippen LogP contribution in [0.15, 0.2) is 24.3 Å². The van der Waals surface area contributed by atoms with E-state index in [4.69, 9.17) is 0 Å². The van der Waals surface area contributed by atoms with Crippen LogP contribution in [0.3, 0.4) is 0 Å². The molecule has 2 aromatic heterocycles. The molecule has 9 heteroatoms. The molecule has 2 aliphatic rings. The standard InChI is InChI=1S/C20H21F2N7/c1-11-23-19(25-18-10-16(27-28-18)12-4-5-12)26-20(24-11)29-8-2-3-17(29)14-9-13(21)6-7-15(14)22/h6-7,9-10,12,17H,2-5,8H2,1H3,(H2,23,24,25,26,27,28). The number of hydrogen-bond donors (Lipinski definition) is 2. The van der Waals surface area contributed by atoms with E-state index in [1.807, 2.05) is 11.0 Å². The number of nitrogens with one attached hydrogen (secondary N) is 2. The topological polar surface area (TPSA) is 82.6 Å². The molecule has 0 radical (unpaired) electrons. The van der Waals surface area contributed by atoms with Gasteiger partial charge in [0.2, 0.25) is 11.9 Å². The van der Waals surface area contributed by atoms with Gasteiger partial charge in [-0.15, -0.1) is 0 Å². The minimum atomic E-state index is -0.451. The van der Waals surface area contributed by atoms with Gasteiger partial charge < -0.3 is 10.2 Å². The Balaban J connectivity index is 1.43. The van der Waals surface area contributed by atoms with Crippen molar-refractivity contribution in [1.82, 2.24) is 25.1 Å². The number of nitrogens with zero attached hydrogens (tertiary/aromatic N) is 5. The Hall–Kier alpha value is -3.10. The van der Waals surface area contributed by atoms with Crippen molar-refractivity contribution < 1.29 is 8.78 Å². The van der Waals surface area contributed by atoms with Gasteiger partial charge in [0.1, 0.15) is 17.5 Å². The summed E-state index contributed by atoms with van der Waals surface area (Å²) in [6.45, 7) is 2.45. The fourth-order valence-electron chi connectivity index (χ4n) is 3.87. The van der Waals surface area contributed by atoms with Crippen LogP contribution < -0.4 is 10.2 Å². The highest BCUT2D eigenvalue weighted by molar-refractivity contribution is 5.51. The second-order valence-electron chi connectivity index (χ2n) is 7.63. The van der Waals surface area contributed by atoms with Crippen LogP contribution in [0.25, 0.3) is 0 Å². The summed E-state index contributed by atoms with van der Waals surface area (Å²) in [5.41, 5.74) is 1.44. The second-order valence-corrected chi connectivity index (χ2v) is 7.63. The molecule has 1 aromatic carbocycles. The van der Waals surface area contributed by atoms with E-state index < -0.39 is 11.6 Å². The highest BCUT2D eigenvalue weighted by atomic mass is 19.1. The third-order valence-corrected chi connectivity index (χ3v) is 5.42. The van der Waals surface area contributed by atoms with E-state index in [9.17, 15) is 8.78 Å². The summed E-state index contributed by atoms with van der Waals surface area (Å²) in [6, 6.07) is 5.22. The Morgan fingerprint density at radius 2 is 1.97 bits per heavy atom. The molecule has 1 atom stereocenters. The first-order valence-corrected chi connectivity index (χ1v) is 9.83. The van der Waals surface area contributed by atoms with Gasteiger partial charge in [0.25, 0.3) is 0 Å². The van der Waals surface area contributed by atoms with Gasteiger partial charge in [-0.1, -0.05) is 0 Å². The Bertz CT molecular complexity index is 1050. The van der Waals surface area contributed by atoms with Crippen LogP contribution in [-0.4, -0.2) is 31.7 Å². The molecule has 5 rings (SSSR count). The van der Waals surface area contributed by atoms with Crippen molar-refractivity contribution in [3.63, 3.8) is 0 Å². The number of halogens is 2. The fraction of sp³-hybridized carbons (Fsp3) is 0.400. The number of aryl methyl sites for hydroxylation is 1. The van der Waals surface area contributed by atoms with E-state index in [1.165, 1.54) is 25.0 Å². The predicted molar refractivity (Wildman–Crippen MR) is 104 cm³/mol. The average molecular weight is 397 g/mol. The van der Waals surface area contributed by atoms with E-state index in [-0.39, 0.29) is 6.04 Å². The summed E-state index contributed by atoms with van der Waals surface area (Å²) in [5.74, 6) is 1.72. The van der Waals surface area contributed by atoms with Crippen molar-refractivity contribution in [2.24, 2.45) is 0 Å². The average Bonchev–Trinajstić information content (AvgIpc) is 3.23.